The molecule has 1 aromatic carbocycles. The van der Waals surface area contributed by atoms with Gasteiger partial charge < -0.3 is 9.52 Å². The molecule has 0 aliphatic carbocycles. The minimum atomic E-state index is -3.89. The van der Waals surface area contributed by atoms with Crippen LogP contribution in [0.5, 0.6) is 0 Å². The molecule has 2 N–H and O–H groups in total. The highest BCUT2D eigenvalue weighted by Gasteiger charge is 2.27. The Labute approximate surface area is 128 Å². The van der Waals surface area contributed by atoms with Gasteiger partial charge in [0.1, 0.15) is 16.4 Å². The van der Waals surface area contributed by atoms with Gasteiger partial charge >= 0.3 is 0 Å². The van der Waals surface area contributed by atoms with Crippen LogP contribution in [0, 0.1) is 20.8 Å². The van der Waals surface area contributed by atoms with Crippen LogP contribution in [0.15, 0.2) is 27.5 Å². The van der Waals surface area contributed by atoms with Crippen LogP contribution < -0.4 is 4.72 Å². The van der Waals surface area contributed by atoms with Crippen molar-refractivity contribution in [2.75, 3.05) is 4.72 Å². The molecule has 0 unspecified atom stereocenters. The topological polar surface area (TPSA) is 79.5 Å². The molecule has 1 aromatic heterocycles. The molecule has 1 heterocycles. The zero-order valence-electron chi connectivity index (χ0n) is 11.9. The first-order valence-electron chi connectivity index (χ1n) is 6.25. The number of sulfonamides is 1. The van der Waals surface area contributed by atoms with Gasteiger partial charge in [-0.2, -0.15) is 0 Å². The van der Waals surface area contributed by atoms with Crippen molar-refractivity contribution < 1.29 is 17.9 Å². The third-order valence-corrected chi connectivity index (χ3v) is 4.99. The Bertz CT molecular complexity index is 781. The number of furan rings is 1. The average molecular weight is 330 g/mol. The summed E-state index contributed by atoms with van der Waals surface area (Å²) < 4.78 is 32.7. The van der Waals surface area contributed by atoms with Crippen molar-refractivity contribution in [3.05, 3.63) is 45.9 Å². The molecule has 0 radical (unpaired) electrons. The molecule has 0 aliphatic heterocycles. The molecule has 0 fully saturated rings. The van der Waals surface area contributed by atoms with Crippen LogP contribution in [-0.2, 0) is 16.6 Å². The molecule has 114 valence electrons. The minimum Gasteiger partial charge on any atom is -0.465 e. The van der Waals surface area contributed by atoms with Crippen LogP contribution in [0.3, 0.4) is 0 Å². The highest BCUT2D eigenvalue weighted by molar-refractivity contribution is 7.92. The molecular formula is C14H16ClNO4S. The summed E-state index contributed by atoms with van der Waals surface area (Å²) in [6.45, 7) is 4.59. The maximum Gasteiger partial charge on any atom is 0.265 e. The van der Waals surface area contributed by atoms with Crippen molar-refractivity contribution in [2.45, 2.75) is 32.3 Å². The molecule has 0 bridgehead atoms. The number of aliphatic hydroxyl groups is 1. The molecule has 21 heavy (non-hydrogen) atoms. The van der Waals surface area contributed by atoms with Crippen LogP contribution >= 0.6 is 11.6 Å². The lowest BCUT2D eigenvalue weighted by Crippen LogP contribution is -2.15. The SMILES string of the molecule is Cc1ccc(NS(=O)(=O)c2c(C)oc(C)c2CO)c(Cl)c1. The summed E-state index contributed by atoms with van der Waals surface area (Å²) in [6, 6.07) is 5.01. The van der Waals surface area contributed by atoms with Gasteiger partial charge in [0.15, 0.2) is 0 Å². The molecule has 0 spiro atoms. The number of anilines is 1. The molecule has 0 atom stereocenters. The predicted octanol–water partition coefficient (Wildman–Crippen LogP) is 3.15. The first-order valence-corrected chi connectivity index (χ1v) is 8.11. The first-order chi connectivity index (χ1) is 9.76. The Morgan fingerprint density at radius 1 is 1.24 bits per heavy atom. The van der Waals surface area contributed by atoms with Crippen molar-refractivity contribution in [3.63, 3.8) is 0 Å². The van der Waals surface area contributed by atoms with Gasteiger partial charge in [0.05, 0.1) is 17.3 Å². The average Bonchev–Trinajstić information content (AvgIpc) is 2.67. The second kappa shape index (κ2) is 5.71. The van der Waals surface area contributed by atoms with E-state index in [1.165, 1.54) is 6.92 Å². The Morgan fingerprint density at radius 2 is 1.90 bits per heavy atom. The van der Waals surface area contributed by atoms with Crippen LogP contribution in [0.25, 0.3) is 0 Å². The Kier molecular flexibility index (Phi) is 4.32. The lowest BCUT2D eigenvalue weighted by Gasteiger charge is -2.10. The normalized spacial score (nSPS) is 11.7. The van der Waals surface area contributed by atoms with Crippen LogP contribution in [0.4, 0.5) is 5.69 Å². The molecule has 7 heteroatoms. The van der Waals surface area contributed by atoms with E-state index in [9.17, 15) is 13.5 Å². The van der Waals surface area contributed by atoms with Crippen molar-refractivity contribution >= 4 is 27.3 Å². The van der Waals surface area contributed by atoms with Gasteiger partial charge in [-0.05, 0) is 38.5 Å². The van der Waals surface area contributed by atoms with E-state index in [0.717, 1.165) is 5.56 Å². The molecule has 0 saturated carbocycles. The third kappa shape index (κ3) is 3.07. The highest BCUT2D eigenvalue weighted by atomic mass is 35.5. The fourth-order valence-electron chi connectivity index (χ4n) is 2.14. The van der Waals surface area contributed by atoms with E-state index in [4.69, 9.17) is 16.0 Å². The third-order valence-electron chi connectivity index (χ3n) is 3.12. The number of hydrogen-bond donors (Lipinski definition) is 2. The smallest absolute Gasteiger partial charge is 0.265 e. The van der Waals surface area contributed by atoms with Gasteiger partial charge in [-0.1, -0.05) is 17.7 Å². The molecule has 0 aliphatic rings. The summed E-state index contributed by atoms with van der Waals surface area (Å²) >= 11 is 6.04. The van der Waals surface area contributed by atoms with Crippen molar-refractivity contribution in [2.24, 2.45) is 0 Å². The van der Waals surface area contributed by atoms with E-state index in [1.54, 1.807) is 25.1 Å². The number of benzene rings is 1. The summed E-state index contributed by atoms with van der Waals surface area (Å²) in [5, 5.41) is 9.66. The zero-order valence-corrected chi connectivity index (χ0v) is 13.5. The number of nitrogens with one attached hydrogen (secondary N) is 1. The number of rotatable bonds is 4. The lowest BCUT2D eigenvalue weighted by molar-refractivity contribution is 0.276. The molecule has 5 nitrogen and oxygen atoms in total. The van der Waals surface area contributed by atoms with Crippen molar-refractivity contribution in [1.82, 2.24) is 0 Å². The summed E-state index contributed by atoms with van der Waals surface area (Å²) in [5.74, 6) is 0.609. The Morgan fingerprint density at radius 3 is 2.48 bits per heavy atom. The van der Waals surface area contributed by atoms with E-state index < -0.39 is 16.6 Å². The standard InChI is InChI=1S/C14H16ClNO4S/c1-8-4-5-13(12(15)6-8)16-21(18,19)14-10(3)20-9(2)11(14)7-17/h4-6,16-17H,7H2,1-3H3. The molecule has 2 rings (SSSR count). The van der Waals surface area contributed by atoms with E-state index in [0.29, 0.717) is 10.8 Å². The molecule has 0 amide bonds. The monoisotopic (exact) mass is 329 g/mol. The van der Waals surface area contributed by atoms with Crippen LogP contribution in [0.2, 0.25) is 5.02 Å². The van der Waals surface area contributed by atoms with Crippen molar-refractivity contribution in [1.29, 1.82) is 0 Å². The number of aryl methyl sites for hydroxylation is 3. The summed E-state index contributed by atoms with van der Waals surface area (Å²) in [4.78, 5) is -0.0425. The van der Waals surface area contributed by atoms with Gasteiger partial charge in [-0.25, -0.2) is 8.42 Å². The maximum atomic E-state index is 12.5. The molecule has 2 aromatic rings. The van der Waals surface area contributed by atoms with Crippen LogP contribution in [-0.4, -0.2) is 13.5 Å². The van der Waals surface area contributed by atoms with Crippen molar-refractivity contribution in [3.8, 4) is 0 Å². The van der Waals surface area contributed by atoms with Gasteiger partial charge in [0.2, 0.25) is 0 Å². The second-order valence-corrected chi connectivity index (χ2v) is 6.80. The Hall–Kier alpha value is -1.50. The Balaban J connectivity index is 2.48. The summed E-state index contributed by atoms with van der Waals surface area (Å²) in [5.41, 5.74) is 1.46. The first kappa shape index (κ1) is 15.9. The minimum absolute atomic E-state index is 0.0425. The van der Waals surface area contributed by atoms with E-state index in [1.807, 2.05) is 6.92 Å². The van der Waals surface area contributed by atoms with E-state index in [-0.39, 0.29) is 21.9 Å². The highest BCUT2D eigenvalue weighted by Crippen LogP contribution is 2.30. The van der Waals surface area contributed by atoms with Crippen LogP contribution in [0.1, 0.15) is 22.6 Å². The fraction of sp³-hybridized carbons (Fsp3) is 0.286. The predicted molar refractivity (Wildman–Crippen MR) is 81.1 cm³/mol. The molecule has 0 saturated heterocycles. The number of hydrogen-bond acceptors (Lipinski definition) is 4. The largest absolute Gasteiger partial charge is 0.465 e. The van der Waals surface area contributed by atoms with Gasteiger partial charge in [-0.3, -0.25) is 4.72 Å². The second-order valence-electron chi connectivity index (χ2n) is 4.77. The zero-order chi connectivity index (χ0) is 15.8. The van der Waals surface area contributed by atoms with Gasteiger partial charge in [-0.15, -0.1) is 0 Å². The lowest BCUT2D eigenvalue weighted by atomic mass is 10.2. The summed E-state index contributed by atoms with van der Waals surface area (Å²) in [7, 11) is -3.89. The fourth-order valence-corrected chi connectivity index (χ4v) is 4.00. The van der Waals surface area contributed by atoms with E-state index >= 15 is 0 Å². The van der Waals surface area contributed by atoms with Gasteiger partial charge in [0.25, 0.3) is 10.0 Å². The van der Waals surface area contributed by atoms with Gasteiger partial charge in [0, 0.05) is 5.56 Å². The van der Waals surface area contributed by atoms with E-state index in [2.05, 4.69) is 4.72 Å². The molecular weight excluding hydrogens is 314 g/mol. The number of aliphatic hydroxyl groups excluding tert-OH is 1. The maximum absolute atomic E-state index is 12.5. The quantitative estimate of drug-likeness (QED) is 0.903. The summed E-state index contributed by atoms with van der Waals surface area (Å²) in [6.07, 6.45) is 0. The number of halogens is 1.